The van der Waals surface area contributed by atoms with Crippen LogP contribution in [0.5, 0.6) is 0 Å². The highest BCUT2D eigenvalue weighted by atomic mass is 35.5. The van der Waals surface area contributed by atoms with E-state index in [4.69, 9.17) is 20.8 Å². The van der Waals surface area contributed by atoms with E-state index in [1.54, 1.807) is 42.5 Å². The molecule has 0 saturated heterocycles. The standard InChI is InChI=1S/C20H13ClN2O5/c21-13-7-5-12(6-8-13)15(24)10-27-17(25)9-23-11-22-18-14-3-1-2-4-16(14)28-19(18)20(23)26/h1-8,11H,9-10H2. The van der Waals surface area contributed by atoms with Crippen molar-refractivity contribution in [3.8, 4) is 0 Å². The van der Waals surface area contributed by atoms with Crippen molar-refractivity contribution in [2.45, 2.75) is 6.54 Å². The largest absolute Gasteiger partial charge is 0.456 e. The van der Waals surface area contributed by atoms with Gasteiger partial charge in [0.2, 0.25) is 5.58 Å². The number of carbonyl (C=O) groups excluding carboxylic acids is 2. The molecule has 7 nitrogen and oxygen atoms in total. The molecule has 0 aliphatic rings. The van der Waals surface area contributed by atoms with Crippen LogP contribution in [0, 0.1) is 0 Å². The minimum absolute atomic E-state index is 0.0636. The Bertz CT molecular complexity index is 1260. The zero-order chi connectivity index (χ0) is 19.7. The SMILES string of the molecule is O=C(Cn1cnc2c(oc3ccccc32)c1=O)OCC(=O)c1ccc(Cl)cc1. The van der Waals surface area contributed by atoms with E-state index in [1.807, 2.05) is 6.07 Å². The molecule has 0 N–H and O–H groups in total. The van der Waals surface area contributed by atoms with Crippen molar-refractivity contribution >= 4 is 45.4 Å². The Morgan fingerprint density at radius 3 is 2.64 bits per heavy atom. The number of para-hydroxylation sites is 1. The highest BCUT2D eigenvalue weighted by molar-refractivity contribution is 6.30. The summed E-state index contributed by atoms with van der Waals surface area (Å²) < 4.78 is 11.6. The normalized spacial score (nSPS) is 11.0. The number of ketones is 1. The summed E-state index contributed by atoms with van der Waals surface area (Å²) in [6.07, 6.45) is 1.26. The van der Waals surface area contributed by atoms with Crippen molar-refractivity contribution in [3.05, 3.63) is 75.8 Å². The van der Waals surface area contributed by atoms with E-state index in [0.29, 0.717) is 21.7 Å². The fourth-order valence-corrected chi connectivity index (χ4v) is 2.90. The van der Waals surface area contributed by atoms with Crippen LogP contribution in [0.3, 0.4) is 0 Å². The smallest absolute Gasteiger partial charge is 0.326 e. The first-order chi connectivity index (χ1) is 13.5. The van der Waals surface area contributed by atoms with Crippen LogP contribution in [0.4, 0.5) is 0 Å². The molecule has 4 rings (SSSR count). The van der Waals surface area contributed by atoms with Crippen molar-refractivity contribution in [3.63, 3.8) is 0 Å². The number of rotatable bonds is 5. The maximum Gasteiger partial charge on any atom is 0.326 e. The summed E-state index contributed by atoms with van der Waals surface area (Å²) in [5.74, 6) is -1.11. The number of halogens is 1. The van der Waals surface area contributed by atoms with Crippen LogP contribution in [0.25, 0.3) is 22.1 Å². The van der Waals surface area contributed by atoms with Crippen molar-refractivity contribution < 1.29 is 18.7 Å². The van der Waals surface area contributed by atoms with Crippen molar-refractivity contribution in [1.82, 2.24) is 9.55 Å². The molecule has 0 aliphatic heterocycles. The molecule has 0 atom stereocenters. The van der Waals surface area contributed by atoms with Gasteiger partial charge in [0.1, 0.15) is 17.6 Å². The van der Waals surface area contributed by atoms with Gasteiger partial charge in [0.15, 0.2) is 12.4 Å². The minimum atomic E-state index is -0.735. The van der Waals surface area contributed by atoms with E-state index in [-0.39, 0.29) is 17.9 Å². The molecule has 0 radical (unpaired) electrons. The number of carbonyl (C=O) groups is 2. The van der Waals surface area contributed by atoms with Crippen LogP contribution < -0.4 is 5.56 Å². The van der Waals surface area contributed by atoms with Crippen LogP contribution in [-0.4, -0.2) is 27.9 Å². The molecule has 0 unspecified atom stereocenters. The second kappa shape index (κ2) is 7.28. The Labute approximate surface area is 163 Å². The van der Waals surface area contributed by atoms with Gasteiger partial charge in [-0.25, -0.2) is 4.98 Å². The summed E-state index contributed by atoms with van der Waals surface area (Å²) in [4.78, 5) is 40.9. The number of Topliss-reactive ketones (excluding diaryl/α,β-unsaturated/α-hetero) is 1. The average molecular weight is 397 g/mol. The van der Waals surface area contributed by atoms with Crippen molar-refractivity contribution in [2.75, 3.05) is 6.61 Å². The molecule has 28 heavy (non-hydrogen) atoms. The molecule has 0 saturated carbocycles. The summed E-state index contributed by atoms with van der Waals surface area (Å²) in [7, 11) is 0. The summed E-state index contributed by atoms with van der Waals surface area (Å²) in [6.45, 7) is -0.817. The number of nitrogens with zero attached hydrogens (tertiary/aromatic N) is 2. The third-order valence-corrected chi connectivity index (χ3v) is 4.43. The van der Waals surface area contributed by atoms with Crippen LogP contribution in [0.2, 0.25) is 5.02 Å². The number of hydrogen-bond acceptors (Lipinski definition) is 6. The van der Waals surface area contributed by atoms with Crippen LogP contribution in [0.1, 0.15) is 10.4 Å². The first-order valence-electron chi connectivity index (χ1n) is 8.34. The van der Waals surface area contributed by atoms with E-state index in [9.17, 15) is 14.4 Å². The molecule has 140 valence electrons. The van der Waals surface area contributed by atoms with Crippen LogP contribution >= 0.6 is 11.6 Å². The van der Waals surface area contributed by atoms with Gasteiger partial charge in [-0.3, -0.25) is 19.0 Å². The summed E-state index contributed by atoms with van der Waals surface area (Å²) in [6, 6.07) is 13.4. The number of furan rings is 1. The minimum Gasteiger partial charge on any atom is -0.456 e. The number of fused-ring (bicyclic) bond motifs is 3. The number of hydrogen-bond donors (Lipinski definition) is 0. The molecule has 4 aromatic rings. The third-order valence-electron chi connectivity index (χ3n) is 4.18. The fraction of sp³-hybridized carbons (Fsp3) is 0.100. The van der Waals surface area contributed by atoms with Gasteiger partial charge in [-0.15, -0.1) is 0 Å². The van der Waals surface area contributed by atoms with Crippen molar-refractivity contribution in [2.24, 2.45) is 0 Å². The Morgan fingerprint density at radius 2 is 1.86 bits per heavy atom. The maximum absolute atomic E-state index is 12.6. The maximum atomic E-state index is 12.6. The lowest BCUT2D eigenvalue weighted by Gasteiger charge is -2.06. The molecule has 2 heterocycles. The molecule has 2 aromatic carbocycles. The molecule has 0 aliphatic carbocycles. The number of benzene rings is 2. The van der Waals surface area contributed by atoms with Gasteiger partial charge in [-0.1, -0.05) is 23.7 Å². The predicted molar refractivity (Wildman–Crippen MR) is 103 cm³/mol. The van der Waals surface area contributed by atoms with Gasteiger partial charge >= 0.3 is 5.97 Å². The fourth-order valence-electron chi connectivity index (χ4n) is 2.78. The summed E-state index contributed by atoms with van der Waals surface area (Å²) in [5, 5.41) is 1.22. The van der Waals surface area contributed by atoms with E-state index < -0.39 is 18.1 Å². The third kappa shape index (κ3) is 3.39. The van der Waals surface area contributed by atoms with E-state index in [1.165, 1.54) is 6.33 Å². The zero-order valence-corrected chi connectivity index (χ0v) is 15.2. The summed E-state index contributed by atoms with van der Waals surface area (Å²) >= 11 is 5.77. The number of ether oxygens (including phenoxy) is 1. The van der Waals surface area contributed by atoms with Crippen LogP contribution in [0.15, 0.2) is 64.1 Å². The molecular formula is C20H13ClN2O5. The highest BCUT2D eigenvalue weighted by Crippen LogP contribution is 2.24. The molecule has 2 aromatic heterocycles. The monoisotopic (exact) mass is 396 g/mol. The molecule has 0 bridgehead atoms. The predicted octanol–water partition coefficient (Wildman–Crippen LogP) is 3.22. The second-order valence-corrected chi connectivity index (χ2v) is 6.48. The Balaban J connectivity index is 1.48. The van der Waals surface area contributed by atoms with Crippen LogP contribution in [-0.2, 0) is 16.1 Å². The van der Waals surface area contributed by atoms with Gasteiger partial charge in [-0.05, 0) is 36.4 Å². The Kier molecular flexibility index (Phi) is 4.67. The quantitative estimate of drug-likeness (QED) is 0.380. The second-order valence-electron chi connectivity index (χ2n) is 6.04. The average Bonchev–Trinajstić information content (AvgIpc) is 3.08. The number of esters is 1. The molecule has 0 spiro atoms. The summed E-state index contributed by atoms with van der Waals surface area (Å²) in [5.41, 5.74) is 0.912. The Morgan fingerprint density at radius 1 is 1.11 bits per heavy atom. The van der Waals surface area contributed by atoms with E-state index >= 15 is 0 Å². The topological polar surface area (TPSA) is 91.4 Å². The van der Waals surface area contributed by atoms with Gasteiger partial charge < -0.3 is 9.15 Å². The zero-order valence-electron chi connectivity index (χ0n) is 14.4. The molecular weight excluding hydrogens is 384 g/mol. The first-order valence-corrected chi connectivity index (χ1v) is 8.72. The first kappa shape index (κ1) is 17.9. The lowest BCUT2D eigenvalue weighted by atomic mass is 10.1. The molecule has 0 fully saturated rings. The van der Waals surface area contributed by atoms with Gasteiger partial charge in [0, 0.05) is 16.0 Å². The van der Waals surface area contributed by atoms with Gasteiger partial charge in [0.25, 0.3) is 5.56 Å². The van der Waals surface area contributed by atoms with E-state index in [0.717, 1.165) is 9.95 Å². The van der Waals surface area contributed by atoms with Gasteiger partial charge in [0.05, 0.1) is 6.33 Å². The highest BCUT2D eigenvalue weighted by Gasteiger charge is 2.16. The van der Waals surface area contributed by atoms with Gasteiger partial charge in [-0.2, -0.15) is 0 Å². The van der Waals surface area contributed by atoms with E-state index in [2.05, 4.69) is 4.98 Å². The number of aromatic nitrogens is 2. The molecule has 8 heteroatoms. The Hall–Kier alpha value is -3.45. The van der Waals surface area contributed by atoms with Crippen molar-refractivity contribution in [1.29, 1.82) is 0 Å². The molecule has 0 amide bonds. The lowest BCUT2D eigenvalue weighted by molar-refractivity contribution is -0.143. The lowest BCUT2D eigenvalue weighted by Crippen LogP contribution is -2.26.